The van der Waals surface area contributed by atoms with Gasteiger partial charge in [-0.1, -0.05) is 27.2 Å². The molecule has 1 atom stereocenters. The summed E-state index contributed by atoms with van der Waals surface area (Å²) >= 11 is 0. The van der Waals surface area contributed by atoms with Crippen LogP contribution in [0.15, 0.2) is 4.99 Å². The summed E-state index contributed by atoms with van der Waals surface area (Å²) in [7, 11) is 1.89. The summed E-state index contributed by atoms with van der Waals surface area (Å²) in [4.78, 5) is 9.65. The van der Waals surface area contributed by atoms with Crippen LogP contribution in [0.5, 0.6) is 0 Å². The second kappa shape index (κ2) is 10.2. The third-order valence-corrected chi connectivity index (χ3v) is 5.44. The minimum absolute atomic E-state index is 0.563. The van der Waals surface area contributed by atoms with Crippen LogP contribution in [0.2, 0.25) is 0 Å². The molecular weight excluding hydrogens is 298 g/mol. The lowest BCUT2D eigenvalue weighted by molar-refractivity contribution is 0.157. The summed E-state index contributed by atoms with van der Waals surface area (Å²) in [5, 5.41) is 7.22. The zero-order valence-electron chi connectivity index (χ0n) is 16.4. The van der Waals surface area contributed by atoms with Gasteiger partial charge in [0, 0.05) is 45.3 Å². The molecule has 0 bridgehead atoms. The fourth-order valence-electron chi connectivity index (χ4n) is 4.09. The molecule has 2 aliphatic heterocycles. The Morgan fingerprint density at radius 3 is 2.50 bits per heavy atom. The van der Waals surface area contributed by atoms with Crippen molar-refractivity contribution in [2.75, 3.05) is 46.3 Å². The molecule has 5 nitrogen and oxygen atoms in total. The Balaban J connectivity index is 1.71. The third kappa shape index (κ3) is 6.25. The highest BCUT2D eigenvalue weighted by molar-refractivity contribution is 5.80. The topological polar surface area (TPSA) is 42.9 Å². The molecule has 0 aromatic heterocycles. The highest BCUT2D eigenvalue weighted by Gasteiger charge is 2.23. The second-order valence-electron chi connectivity index (χ2n) is 7.84. The molecule has 24 heavy (non-hydrogen) atoms. The number of piperidine rings is 2. The van der Waals surface area contributed by atoms with Gasteiger partial charge >= 0.3 is 0 Å². The van der Waals surface area contributed by atoms with Gasteiger partial charge in [0.15, 0.2) is 5.96 Å². The standard InChI is InChI=1S/C19H39N5/c1-5-24-11-7-6-8-18(24)14-21-19(20-4)22-17-9-12-23(13-10-17)15-16(2)3/h16-18H,5-15H2,1-4H3,(H2,20,21,22). The van der Waals surface area contributed by atoms with Gasteiger partial charge in [-0.15, -0.1) is 0 Å². The van der Waals surface area contributed by atoms with Gasteiger partial charge < -0.3 is 15.5 Å². The summed E-state index contributed by atoms with van der Waals surface area (Å²) < 4.78 is 0. The first-order chi connectivity index (χ1) is 11.6. The first kappa shape index (κ1) is 19.5. The molecule has 2 rings (SSSR count). The molecule has 0 aromatic carbocycles. The van der Waals surface area contributed by atoms with Crippen LogP contribution in [0.3, 0.4) is 0 Å². The number of guanidine groups is 1. The average molecular weight is 338 g/mol. The molecule has 0 saturated carbocycles. The van der Waals surface area contributed by atoms with Crippen LogP contribution >= 0.6 is 0 Å². The number of nitrogens with one attached hydrogen (secondary N) is 2. The van der Waals surface area contributed by atoms with E-state index in [-0.39, 0.29) is 0 Å². The Bertz CT molecular complexity index is 374. The van der Waals surface area contributed by atoms with Crippen molar-refractivity contribution in [3.63, 3.8) is 0 Å². The highest BCUT2D eigenvalue weighted by Crippen LogP contribution is 2.16. The van der Waals surface area contributed by atoms with Gasteiger partial charge in [-0.25, -0.2) is 0 Å². The molecule has 5 heteroatoms. The largest absolute Gasteiger partial charge is 0.355 e. The number of hydrogen-bond donors (Lipinski definition) is 2. The van der Waals surface area contributed by atoms with E-state index in [1.807, 2.05) is 7.05 Å². The number of likely N-dealkylation sites (N-methyl/N-ethyl adjacent to an activating group) is 1. The molecule has 0 aliphatic carbocycles. The lowest BCUT2D eigenvalue weighted by Crippen LogP contribution is -2.52. The summed E-state index contributed by atoms with van der Waals surface area (Å²) in [6.07, 6.45) is 6.47. The predicted octanol–water partition coefficient (Wildman–Crippen LogP) is 2.15. The van der Waals surface area contributed by atoms with Crippen molar-refractivity contribution in [1.82, 2.24) is 20.4 Å². The molecule has 0 spiro atoms. The normalized spacial score (nSPS) is 25.2. The molecule has 2 fully saturated rings. The van der Waals surface area contributed by atoms with Crippen molar-refractivity contribution in [2.45, 2.75) is 65.0 Å². The predicted molar refractivity (Wildman–Crippen MR) is 104 cm³/mol. The summed E-state index contributed by atoms with van der Waals surface area (Å²) in [5.41, 5.74) is 0. The second-order valence-corrected chi connectivity index (χ2v) is 7.84. The molecule has 0 amide bonds. The number of aliphatic imine (C=N–C) groups is 1. The van der Waals surface area contributed by atoms with Gasteiger partial charge in [0.25, 0.3) is 0 Å². The average Bonchev–Trinajstić information content (AvgIpc) is 2.59. The quantitative estimate of drug-likeness (QED) is 0.576. The Hall–Kier alpha value is -0.810. The molecule has 2 N–H and O–H groups in total. The SMILES string of the molecule is CCN1CCCCC1CNC(=NC)NC1CCN(CC(C)C)CC1. The molecule has 2 saturated heterocycles. The minimum atomic E-state index is 0.563. The highest BCUT2D eigenvalue weighted by atomic mass is 15.2. The van der Waals surface area contributed by atoms with Gasteiger partial charge in [0.05, 0.1) is 0 Å². The lowest BCUT2D eigenvalue weighted by Gasteiger charge is -2.36. The van der Waals surface area contributed by atoms with Gasteiger partial charge in [-0.05, 0) is 44.7 Å². The first-order valence-corrected chi connectivity index (χ1v) is 10.1. The van der Waals surface area contributed by atoms with Crippen molar-refractivity contribution >= 4 is 5.96 Å². The van der Waals surface area contributed by atoms with Crippen LogP contribution < -0.4 is 10.6 Å². The number of hydrogen-bond acceptors (Lipinski definition) is 3. The Morgan fingerprint density at radius 1 is 1.12 bits per heavy atom. The molecule has 0 radical (unpaired) electrons. The molecular formula is C19H39N5. The number of rotatable bonds is 6. The van der Waals surface area contributed by atoms with Crippen LogP contribution in [-0.2, 0) is 0 Å². The van der Waals surface area contributed by atoms with Crippen LogP contribution in [0, 0.1) is 5.92 Å². The first-order valence-electron chi connectivity index (χ1n) is 10.1. The molecule has 140 valence electrons. The van der Waals surface area contributed by atoms with Gasteiger partial charge in [-0.2, -0.15) is 0 Å². The Morgan fingerprint density at radius 2 is 1.88 bits per heavy atom. The van der Waals surface area contributed by atoms with E-state index in [1.54, 1.807) is 0 Å². The van der Waals surface area contributed by atoms with Crippen molar-refractivity contribution in [1.29, 1.82) is 0 Å². The van der Waals surface area contributed by atoms with E-state index in [9.17, 15) is 0 Å². The smallest absolute Gasteiger partial charge is 0.191 e. The van der Waals surface area contributed by atoms with Crippen molar-refractivity contribution in [3.05, 3.63) is 0 Å². The molecule has 2 aliphatic rings. The van der Waals surface area contributed by atoms with E-state index in [4.69, 9.17) is 0 Å². The summed E-state index contributed by atoms with van der Waals surface area (Å²) in [6.45, 7) is 14.0. The van der Waals surface area contributed by atoms with Crippen LogP contribution in [0.25, 0.3) is 0 Å². The Labute approximate surface area is 149 Å². The van der Waals surface area contributed by atoms with E-state index in [1.165, 1.54) is 58.3 Å². The van der Waals surface area contributed by atoms with Gasteiger partial charge in [0.2, 0.25) is 0 Å². The maximum atomic E-state index is 4.45. The van der Waals surface area contributed by atoms with E-state index in [0.29, 0.717) is 12.1 Å². The van der Waals surface area contributed by atoms with Crippen LogP contribution in [-0.4, -0.2) is 74.2 Å². The molecule has 2 heterocycles. The van der Waals surface area contributed by atoms with E-state index < -0.39 is 0 Å². The number of nitrogens with zero attached hydrogens (tertiary/aromatic N) is 3. The fourth-order valence-corrected chi connectivity index (χ4v) is 4.09. The maximum Gasteiger partial charge on any atom is 0.191 e. The lowest BCUT2D eigenvalue weighted by atomic mass is 10.0. The summed E-state index contributed by atoms with van der Waals surface area (Å²) in [6, 6.07) is 1.23. The van der Waals surface area contributed by atoms with Crippen molar-refractivity contribution in [2.24, 2.45) is 10.9 Å². The molecule has 0 aromatic rings. The number of likely N-dealkylation sites (tertiary alicyclic amines) is 2. The minimum Gasteiger partial charge on any atom is -0.355 e. The maximum absolute atomic E-state index is 4.45. The zero-order valence-corrected chi connectivity index (χ0v) is 16.4. The van der Waals surface area contributed by atoms with Gasteiger partial charge in [-0.3, -0.25) is 9.89 Å². The van der Waals surface area contributed by atoms with E-state index in [0.717, 1.165) is 25.0 Å². The van der Waals surface area contributed by atoms with E-state index >= 15 is 0 Å². The third-order valence-electron chi connectivity index (χ3n) is 5.44. The Kier molecular flexibility index (Phi) is 8.33. The van der Waals surface area contributed by atoms with Crippen molar-refractivity contribution < 1.29 is 0 Å². The fraction of sp³-hybridized carbons (Fsp3) is 0.947. The zero-order chi connectivity index (χ0) is 17.4. The monoisotopic (exact) mass is 337 g/mol. The van der Waals surface area contributed by atoms with Gasteiger partial charge in [0.1, 0.15) is 0 Å². The molecule has 1 unspecified atom stereocenters. The van der Waals surface area contributed by atoms with Crippen molar-refractivity contribution in [3.8, 4) is 0 Å². The van der Waals surface area contributed by atoms with Crippen LogP contribution in [0.4, 0.5) is 0 Å². The van der Waals surface area contributed by atoms with Crippen LogP contribution in [0.1, 0.15) is 52.9 Å². The van der Waals surface area contributed by atoms with E-state index in [2.05, 4.69) is 46.2 Å². The summed E-state index contributed by atoms with van der Waals surface area (Å²) in [5.74, 6) is 1.75.